The lowest BCUT2D eigenvalue weighted by Gasteiger charge is -2.19. The van der Waals surface area contributed by atoms with Gasteiger partial charge in [0, 0.05) is 16.5 Å². The molecule has 1 aromatic heterocycles. The Balaban J connectivity index is 2.26. The van der Waals surface area contributed by atoms with E-state index in [0.717, 1.165) is 21.7 Å². The van der Waals surface area contributed by atoms with Gasteiger partial charge in [-0.15, -0.1) is 11.8 Å². The fourth-order valence-electron chi connectivity index (χ4n) is 2.01. The zero-order valence-electron chi connectivity index (χ0n) is 12.4. The lowest BCUT2D eigenvalue weighted by atomic mass is 10.00. The van der Waals surface area contributed by atoms with Crippen molar-refractivity contribution in [3.05, 3.63) is 59.3 Å². The maximum atomic E-state index is 10.4. The van der Waals surface area contributed by atoms with Gasteiger partial charge in [0.05, 0.1) is 5.03 Å². The summed E-state index contributed by atoms with van der Waals surface area (Å²) in [4.78, 5) is 4.47. The highest BCUT2D eigenvalue weighted by Crippen LogP contribution is 2.32. The van der Waals surface area contributed by atoms with Gasteiger partial charge in [0.15, 0.2) is 0 Å². The third-order valence-electron chi connectivity index (χ3n) is 2.95. The molecule has 0 fully saturated rings. The average Bonchev–Trinajstić information content (AvgIpc) is 2.37. The molecule has 1 atom stereocenters. The van der Waals surface area contributed by atoms with Crippen LogP contribution in [0.5, 0.6) is 0 Å². The van der Waals surface area contributed by atoms with E-state index in [-0.39, 0.29) is 4.75 Å². The van der Waals surface area contributed by atoms with Crippen LogP contribution in [0.3, 0.4) is 0 Å². The molecule has 2 nitrogen and oxygen atoms in total. The summed E-state index contributed by atoms with van der Waals surface area (Å²) in [6, 6.07) is 11.7. The van der Waals surface area contributed by atoms with E-state index < -0.39 is 6.10 Å². The summed E-state index contributed by atoms with van der Waals surface area (Å²) in [5.74, 6) is 0. The minimum Gasteiger partial charge on any atom is -0.384 e. The number of pyridine rings is 1. The second-order valence-electron chi connectivity index (χ2n) is 5.91. The molecule has 0 bridgehead atoms. The van der Waals surface area contributed by atoms with Gasteiger partial charge in [-0.05, 0) is 24.1 Å². The number of hydrogen-bond donors (Lipinski definition) is 1. The van der Waals surface area contributed by atoms with E-state index >= 15 is 0 Å². The van der Waals surface area contributed by atoms with Crippen molar-refractivity contribution in [2.45, 2.75) is 43.6 Å². The summed E-state index contributed by atoms with van der Waals surface area (Å²) in [6.07, 6.45) is 1.18. The second kappa shape index (κ2) is 5.98. The zero-order chi connectivity index (χ0) is 14.8. The molecule has 0 radical (unpaired) electrons. The standard InChI is InChI=1S/C17H21NOS/c1-12-10-15(20-17(2,3)4)18-11-14(12)16(19)13-8-6-5-7-9-13/h5-11,16,19H,1-4H3. The van der Waals surface area contributed by atoms with Gasteiger partial charge in [-0.2, -0.15) is 0 Å². The van der Waals surface area contributed by atoms with Crippen molar-refractivity contribution in [3.63, 3.8) is 0 Å². The normalized spacial score (nSPS) is 13.2. The van der Waals surface area contributed by atoms with E-state index in [2.05, 4.69) is 31.8 Å². The Bertz CT molecular complexity index is 575. The largest absolute Gasteiger partial charge is 0.384 e. The third-order valence-corrected chi connectivity index (χ3v) is 3.99. The number of nitrogens with zero attached hydrogens (tertiary/aromatic N) is 1. The van der Waals surface area contributed by atoms with Gasteiger partial charge in [-0.3, -0.25) is 0 Å². The number of aliphatic hydroxyl groups excluding tert-OH is 1. The van der Waals surface area contributed by atoms with E-state index in [1.54, 1.807) is 18.0 Å². The van der Waals surface area contributed by atoms with Crippen molar-refractivity contribution in [3.8, 4) is 0 Å². The van der Waals surface area contributed by atoms with E-state index in [1.807, 2.05) is 37.3 Å². The molecule has 0 amide bonds. The highest BCUT2D eigenvalue weighted by molar-refractivity contribution is 8.00. The van der Waals surface area contributed by atoms with E-state index in [1.165, 1.54) is 0 Å². The van der Waals surface area contributed by atoms with Crippen molar-refractivity contribution >= 4 is 11.8 Å². The monoisotopic (exact) mass is 287 g/mol. The predicted octanol–water partition coefficient (Wildman–Crippen LogP) is 4.36. The average molecular weight is 287 g/mol. The first-order valence-corrected chi connectivity index (χ1v) is 7.57. The lowest BCUT2D eigenvalue weighted by Crippen LogP contribution is -2.08. The minimum atomic E-state index is -0.614. The number of aliphatic hydroxyl groups is 1. The van der Waals surface area contributed by atoms with E-state index in [4.69, 9.17) is 0 Å². The van der Waals surface area contributed by atoms with Gasteiger partial charge >= 0.3 is 0 Å². The predicted molar refractivity (Wildman–Crippen MR) is 85.1 cm³/mol. The molecular formula is C17H21NOS. The van der Waals surface area contributed by atoms with Crippen LogP contribution in [0.2, 0.25) is 0 Å². The first-order chi connectivity index (χ1) is 9.37. The van der Waals surface area contributed by atoms with Crippen LogP contribution < -0.4 is 0 Å². The molecule has 0 saturated carbocycles. The summed E-state index contributed by atoms with van der Waals surface area (Å²) < 4.78 is 0.138. The topological polar surface area (TPSA) is 33.1 Å². The smallest absolute Gasteiger partial charge is 0.106 e. The summed E-state index contributed by atoms with van der Waals surface area (Å²) in [5, 5.41) is 11.4. The molecule has 0 spiro atoms. The molecule has 2 rings (SSSR count). The van der Waals surface area contributed by atoms with Gasteiger partial charge in [0.2, 0.25) is 0 Å². The van der Waals surface area contributed by atoms with E-state index in [0.29, 0.717) is 0 Å². The first-order valence-electron chi connectivity index (χ1n) is 6.75. The van der Waals surface area contributed by atoms with Gasteiger partial charge in [0.1, 0.15) is 6.10 Å². The first kappa shape index (κ1) is 15.1. The van der Waals surface area contributed by atoms with Gasteiger partial charge in [-0.25, -0.2) is 4.98 Å². The molecule has 3 heteroatoms. The van der Waals surface area contributed by atoms with Crippen molar-refractivity contribution in [1.82, 2.24) is 4.98 Å². The number of aryl methyl sites for hydroxylation is 1. The third kappa shape index (κ3) is 3.84. The highest BCUT2D eigenvalue weighted by atomic mass is 32.2. The SMILES string of the molecule is Cc1cc(SC(C)(C)C)ncc1C(O)c1ccccc1. The fraction of sp³-hybridized carbons (Fsp3) is 0.353. The highest BCUT2D eigenvalue weighted by Gasteiger charge is 2.17. The Kier molecular flexibility index (Phi) is 4.51. The Labute approximate surface area is 125 Å². The van der Waals surface area contributed by atoms with E-state index in [9.17, 15) is 5.11 Å². The summed E-state index contributed by atoms with van der Waals surface area (Å²) in [6.45, 7) is 8.53. The molecule has 0 saturated heterocycles. The van der Waals surface area contributed by atoms with Crippen LogP contribution in [0.4, 0.5) is 0 Å². The van der Waals surface area contributed by atoms with Crippen LogP contribution in [0.1, 0.15) is 43.6 Å². The number of benzene rings is 1. The Morgan fingerprint density at radius 1 is 1.15 bits per heavy atom. The molecule has 0 aliphatic carbocycles. The van der Waals surface area contributed by atoms with Crippen molar-refractivity contribution < 1.29 is 5.11 Å². The molecule has 0 aliphatic rings. The summed E-state index contributed by atoms with van der Waals surface area (Å²) in [7, 11) is 0. The van der Waals surface area contributed by atoms with Gasteiger partial charge < -0.3 is 5.11 Å². The van der Waals surface area contributed by atoms with Crippen LogP contribution in [-0.4, -0.2) is 14.8 Å². The van der Waals surface area contributed by atoms with Crippen LogP contribution in [-0.2, 0) is 0 Å². The van der Waals surface area contributed by atoms with Gasteiger partial charge in [-0.1, -0.05) is 51.1 Å². The lowest BCUT2D eigenvalue weighted by molar-refractivity contribution is 0.219. The van der Waals surface area contributed by atoms with Crippen LogP contribution >= 0.6 is 11.8 Å². The number of aromatic nitrogens is 1. The zero-order valence-corrected chi connectivity index (χ0v) is 13.2. The Hall–Kier alpha value is -1.32. The molecular weight excluding hydrogens is 266 g/mol. The van der Waals surface area contributed by atoms with Crippen LogP contribution in [0, 0.1) is 6.92 Å². The maximum Gasteiger partial charge on any atom is 0.106 e. The number of thioether (sulfide) groups is 1. The van der Waals surface area contributed by atoms with Crippen molar-refractivity contribution in [2.75, 3.05) is 0 Å². The molecule has 1 heterocycles. The summed E-state index contributed by atoms with van der Waals surface area (Å²) in [5.41, 5.74) is 2.84. The molecule has 20 heavy (non-hydrogen) atoms. The molecule has 1 N–H and O–H groups in total. The quantitative estimate of drug-likeness (QED) is 0.851. The minimum absolute atomic E-state index is 0.138. The van der Waals surface area contributed by atoms with Crippen LogP contribution in [0.25, 0.3) is 0 Å². The Morgan fingerprint density at radius 3 is 2.35 bits per heavy atom. The molecule has 0 aliphatic heterocycles. The van der Waals surface area contributed by atoms with Gasteiger partial charge in [0.25, 0.3) is 0 Å². The fourth-order valence-corrected chi connectivity index (χ4v) is 2.98. The number of rotatable bonds is 3. The molecule has 1 unspecified atom stereocenters. The molecule has 106 valence electrons. The second-order valence-corrected chi connectivity index (χ2v) is 7.75. The number of hydrogen-bond acceptors (Lipinski definition) is 3. The van der Waals surface area contributed by atoms with Crippen molar-refractivity contribution in [2.24, 2.45) is 0 Å². The van der Waals surface area contributed by atoms with Crippen LogP contribution in [0.15, 0.2) is 47.6 Å². The Morgan fingerprint density at radius 2 is 1.80 bits per heavy atom. The maximum absolute atomic E-state index is 10.4. The molecule has 1 aromatic carbocycles. The molecule has 2 aromatic rings. The van der Waals surface area contributed by atoms with Crippen molar-refractivity contribution in [1.29, 1.82) is 0 Å². The summed E-state index contributed by atoms with van der Waals surface area (Å²) >= 11 is 1.74.